The van der Waals surface area contributed by atoms with Crippen LogP contribution in [0, 0.1) is 10.1 Å². The predicted molar refractivity (Wildman–Crippen MR) is 538 cm³/mol. The van der Waals surface area contributed by atoms with Crippen LogP contribution in [0.25, 0.3) is 22.5 Å². The minimum Gasteiger partial charge on any atom is -0.453 e. The van der Waals surface area contributed by atoms with Gasteiger partial charge in [0.1, 0.15) is 16.8 Å². The highest BCUT2D eigenvalue weighted by Gasteiger charge is 2.38. The predicted octanol–water partition coefficient (Wildman–Crippen LogP) is 24.0. The quantitative estimate of drug-likeness (QED) is 0.0352. The van der Waals surface area contributed by atoms with Crippen molar-refractivity contribution in [2.45, 2.75) is 121 Å². The van der Waals surface area contributed by atoms with E-state index in [1.165, 1.54) is 70.3 Å². The van der Waals surface area contributed by atoms with E-state index < -0.39 is 55.9 Å². The van der Waals surface area contributed by atoms with Gasteiger partial charge < -0.3 is 18.9 Å². The molecule has 7 amide bonds. The molecule has 13 aromatic rings. The number of non-ortho nitro benzene ring substituents is 1. The van der Waals surface area contributed by atoms with Crippen molar-refractivity contribution >= 4 is 135 Å². The summed E-state index contributed by atoms with van der Waals surface area (Å²) in [7, 11) is -2.05. The maximum absolute atomic E-state index is 13.5. The Morgan fingerprint density at radius 3 is 0.949 bits per heavy atom. The number of nitro groups is 1. The van der Waals surface area contributed by atoms with Crippen LogP contribution in [-0.2, 0) is 28.8 Å². The number of nitrogens with one attached hydrogen (secondary N) is 4. The molecular formula is C106H99Br2N13O16S. The van der Waals surface area contributed by atoms with E-state index in [9.17, 15) is 56.9 Å². The summed E-state index contributed by atoms with van der Waals surface area (Å²) in [5.41, 5.74) is 13.0. The monoisotopic (exact) mass is 2000 g/mol. The molecule has 3 unspecified atom stereocenters. The van der Waals surface area contributed by atoms with E-state index in [0.717, 1.165) is 71.1 Å². The number of methoxy groups -OCH3 is 1. The number of amides is 7. The number of nitro benzene ring substituents is 1. The van der Waals surface area contributed by atoms with Gasteiger partial charge in [0.25, 0.3) is 29.3 Å². The van der Waals surface area contributed by atoms with Crippen LogP contribution in [0.15, 0.2) is 351 Å². The summed E-state index contributed by atoms with van der Waals surface area (Å²) in [5.74, 6) is -1.05. The molecule has 3 aliphatic rings. The topological polar surface area (TPSA) is 363 Å². The van der Waals surface area contributed by atoms with Crippen molar-refractivity contribution < 1.29 is 70.6 Å². The van der Waals surface area contributed by atoms with E-state index >= 15 is 0 Å². The van der Waals surface area contributed by atoms with E-state index in [2.05, 4.69) is 73.2 Å². The Bertz CT molecular complexity index is 6790. The summed E-state index contributed by atoms with van der Waals surface area (Å²) in [6, 6.07) is 94.5. The van der Waals surface area contributed by atoms with Gasteiger partial charge in [-0.1, -0.05) is 202 Å². The summed E-state index contributed by atoms with van der Waals surface area (Å²) in [6.45, 7) is 16.2. The molecule has 4 N–H and O–H groups in total. The summed E-state index contributed by atoms with van der Waals surface area (Å²) in [6.07, 6.45) is 0.574. The number of anilines is 4. The van der Waals surface area contributed by atoms with Gasteiger partial charge in [-0.25, -0.2) is 42.6 Å². The first-order valence-corrected chi connectivity index (χ1v) is 47.1. The summed E-state index contributed by atoms with van der Waals surface area (Å²) in [5, 5.41) is 44.8. The molecule has 0 bridgehead atoms. The van der Waals surface area contributed by atoms with Gasteiger partial charge in [0.2, 0.25) is 0 Å². The number of carbonyl (C=O) groups excluding carboxylic acids is 8. The smallest absolute Gasteiger partial charge is 0.412 e. The highest BCUT2D eigenvalue weighted by atomic mass is 79.9. The van der Waals surface area contributed by atoms with Crippen molar-refractivity contribution in [3.05, 3.63) is 396 Å². The molecule has 0 radical (unpaired) electrons. The molecule has 704 valence electrons. The number of rotatable bonds is 18. The number of hydrogen-bond acceptors (Lipinski definition) is 20. The molecule has 0 saturated carbocycles. The van der Waals surface area contributed by atoms with Gasteiger partial charge in [-0.3, -0.25) is 50.6 Å². The van der Waals surface area contributed by atoms with E-state index in [1.807, 2.05) is 221 Å². The number of halogens is 2. The fourth-order valence-corrected chi connectivity index (χ4v) is 15.7. The van der Waals surface area contributed by atoms with Gasteiger partial charge >= 0.3 is 24.4 Å². The zero-order valence-corrected chi connectivity index (χ0v) is 81.2. The SMILES string of the molecule is CC(C)(C)OC(=O)Nc1ccc(-c2cc(-c3ccccc3)n(C(=O)c3ccc(Br)cc3)n2)cc1.CC(C)(C)OC(=O)Nc1ccc(C2=NN(C(=O)c3ccc(S(C)(=O)=O)cc3)C(c3ccccc3)C2)cc1.CC(C)(C)OC(=O)Nc1ccc(C2=NN(C(=O)c3ccc([N+](=O)[O-])cc3)C(c3ccccc3)C2)cc1.COC(=O)Nc1ccc(C2=NN(C(=O)c3ccc(Br)cc3)C(c3ccccc3)C2)cc1. The van der Waals surface area contributed by atoms with Crippen LogP contribution < -0.4 is 21.3 Å². The van der Waals surface area contributed by atoms with Crippen LogP contribution in [-0.4, -0.2) is 133 Å². The van der Waals surface area contributed by atoms with Gasteiger partial charge in [0.15, 0.2) is 9.84 Å². The largest absolute Gasteiger partial charge is 0.453 e. The Morgan fingerprint density at radius 2 is 0.652 bits per heavy atom. The lowest BCUT2D eigenvalue weighted by atomic mass is 9.98. The molecule has 0 fully saturated rings. The van der Waals surface area contributed by atoms with E-state index in [-0.39, 0.29) is 52.3 Å². The number of hydrogen-bond donors (Lipinski definition) is 4. The van der Waals surface area contributed by atoms with Crippen molar-refractivity contribution in [1.29, 1.82) is 0 Å². The Morgan fingerprint density at radius 1 is 0.370 bits per heavy atom. The molecule has 0 spiro atoms. The van der Waals surface area contributed by atoms with Gasteiger partial charge in [0, 0.05) is 103 Å². The minimum absolute atomic E-state index is 0.0862. The highest BCUT2D eigenvalue weighted by molar-refractivity contribution is 9.10. The lowest BCUT2D eigenvalue weighted by Crippen LogP contribution is -2.27. The number of hydrazone groups is 3. The molecule has 3 atom stereocenters. The normalized spacial score (nSPS) is 14.4. The number of carbonyl (C=O) groups is 8. The molecule has 138 heavy (non-hydrogen) atoms. The minimum atomic E-state index is -3.37. The molecule has 32 heteroatoms. The molecule has 3 aliphatic heterocycles. The fraction of sp³-hybridized carbons (Fsp3) is 0.189. The lowest BCUT2D eigenvalue weighted by Gasteiger charge is -2.22. The number of benzene rings is 12. The van der Waals surface area contributed by atoms with Crippen molar-refractivity contribution in [3.63, 3.8) is 0 Å². The summed E-state index contributed by atoms with van der Waals surface area (Å²) >= 11 is 6.81. The highest BCUT2D eigenvalue weighted by Crippen LogP contribution is 2.40. The van der Waals surface area contributed by atoms with Gasteiger partial charge in [-0.05, 0) is 235 Å². The molecular weight excluding hydrogens is 1900 g/mol. The van der Waals surface area contributed by atoms with Crippen molar-refractivity contribution in [2.24, 2.45) is 15.3 Å². The van der Waals surface area contributed by atoms with Gasteiger partial charge in [0.05, 0.1) is 63.6 Å². The average Bonchev–Trinajstić information content (AvgIpc) is 1.69. The van der Waals surface area contributed by atoms with Crippen LogP contribution in [0.4, 0.5) is 47.6 Å². The standard InChI is InChI=1S/C28H29N3O5S.C27H24BrN3O3.C27H26N4O5.C24H20BrN3O3/c1-28(2,3)36-27(33)29-22-14-10-19(11-15-22)24-18-25(20-8-6-5-7-9-20)31(30-24)26(32)21-12-16-23(17-13-21)37(4,34)35;1-27(2,3)34-26(33)29-22-15-11-18(12-16-22)23-17-24(19-7-5-4-6-8-19)31(30-23)25(32)20-9-13-21(28)14-10-20;1-27(2,3)36-26(33)28-21-13-9-18(10-14-21)23-17-24(19-7-5-4-6-8-19)30(29-23)25(32)20-11-15-22(16-12-20)31(34)35;1-31-24(30)26-20-13-9-16(10-14-20)21-15-22(17-5-3-2-4-6-17)28(27-21)23(29)18-7-11-19(25)12-8-18/h5-17,25H,18H2,1-4H3,(H,29,33);4-17H,1-3H3,(H,29,33);4-16,24H,17H2,1-3H3,(H,28,33);2-14,22H,15H2,1H3,(H,26,30). The zero-order chi connectivity index (χ0) is 98.8. The molecule has 0 saturated heterocycles. The van der Waals surface area contributed by atoms with Crippen LogP contribution in [0.3, 0.4) is 0 Å². The molecule has 4 heterocycles. The third-order valence-corrected chi connectivity index (χ3v) is 23.3. The van der Waals surface area contributed by atoms with Crippen molar-refractivity contribution in [1.82, 2.24) is 24.8 Å². The van der Waals surface area contributed by atoms with E-state index in [1.54, 1.807) is 119 Å². The molecule has 16 rings (SSSR count). The van der Waals surface area contributed by atoms with Crippen LogP contribution >= 0.6 is 31.9 Å². The first kappa shape index (κ1) is 99.8. The number of sulfone groups is 1. The number of nitrogens with zero attached hydrogens (tertiary/aromatic N) is 9. The van der Waals surface area contributed by atoms with Crippen LogP contribution in [0.5, 0.6) is 0 Å². The van der Waals surface area contributed by atoms with Crippen LogP contribution in [0.2, 0.25) is 0 Å². The molecule has 1 aromatic heterocycles. The Hall–Kier alpha value is -15.7. The van der Waals surface area contributed by atoms with E-state index in [4.69, 9.17) is 19.3 Å². The first-order valence-electron chi connectivity index (χ1n) is 43.7. The Balaban J connectivity index is 0.000000156. The fourth-order valence-electron chi connectivity index (χ4n) is 14.6. The molecule has 12 aromatic carbocycles. The third-order valence-electron chi connectivity index (χ3n) is 21.1. The van der Waals surface area contributed by atoms with E-state index in [0.29, 0.717) is 81.4 Å². The maximum Gasteiger partial charge on any atom is 0.412 e. The second kappa shape index (κ2) is 44.2. The number of ether oxygens (including phenoxy) is 4. The van der Waals surface area contributed by atoms with Gasteiger partial charge in [-0.2, -0.15) is 25.1 Å². The van der Waals surface area contributed by atoms with Crippen molar-refractivity contribution in [2.75, 3.05) is 34.6 Å². The molecule has 29 nitrogen and oxygen atoms in total. The number of aromatic nitrogens is 2. The zero-order valence-electron chi connectivity index (χ0n) is 77.2. The van der Waals surface area contributed by atoms with Crippen molar-refractivity contribution in [3.8, 4) is 22.5 Å². The Labute approximate surface area is 815 Å². The second-order valence-electron chi connectivity index (χ2n) is 34.9. The summed E-state index contributed by atoms with van der Waals surface area (Å²) in [4.78, 5) is 112. The molecule has 0 aliphatic carbocycles. The first-order chi connectivity index (χ1) is 65.7. The average molecular weight is 2000 g/mol. The summed E-state index contributed by atoms with van der Waals surface area (Å²) < 4.78 is 47.3. The van der Waals surface area contributed by atoms with Crippen LogP contribution in [0.1, 0.15) is 175 Å². The van der Waals surface area contributed by atoms with Gasteiger partial charge in [-0.15, -0.1) is 0 Å². The lowest BCUT2D eigenvalue weighted by molar-refractivity contribution is -0.384. The Kier molecular flexibility index (Phi) is 32.0. The second-order valence-corrected chi connectivity index (χ2v) is 38.7. The maximum atomic E-state index is 13.5. The third kappa shape index (κ3) is 27.1.